The van der Waals surface area contributed by atoms with Gasteiger partial charge in [0, 0.05) is 5.56 Å². The molecule has 3 rings (SSSR count). The van der Waals surface area contributed by atoms with Crippen LogP contribution in [-0.2, 0) is 4.74 Å². The van der Waals surface area contributed by atoms with Gasteiger partial charge in [-0.25, -0.2) is 9.78 Å². The first-order valence-electron chi connectivity index (χ1n) is 6.40. The van der Waals surface area contributed by atoms with Crippen molar-refractivity contribution in [2.24, 2.45) is 0 Å². The van der Waals surface area contributed by atoms with Crippen molar-refractivity contribution in [3.05, 3.63) is 53.0 Å². The van der Waals surface area contributed by atoms with Crippen molar-refractivity contribution in [2.45, 2.75) is 6.92 Å². The van der Waals surface area contributed by atoms with Gasteiger partial charge < -0.3 is 9.15 Å². The molecule has 0 N–H and O–H groups in total. The van der Waals surface area contributed by atoms with Gasteiger partial charge in [0.05, 0.1) is 17.7 Å². The van der Waals surface area contributed by atoms with Gasteiger partial charge in [-0.1, -0.05) is 30.3 Å². The number of oxazole rings is 1. The van der Waals surface area contributed by atoms with Crippen LogP contribution in [0.25, 0.3) is 22.1 Å². The van der Waals surface area contributed by atoms with E-state index in [1.807, 2.05) is 43.3 Å². The van der Waals surface area contributed by atoms with Gasteiger partial charge in [-0.15, -0.1) is 11.3 Å². The summed E-state index contributed by atoms with van der Waals surface area (Å²) in [6.07, 6.45) is 0. The van der Waals surface area contributed by atoms with E-state index in [4.69, 9.17) is 9.15 Å². The molecule has 0 atom stereocenters. The first-order chi connectivity index (χ1) is 10.2. The van der Waals surface area contributed by atoms with E-state index >= 15 is 0 Å². The van der Waals surface area contributed by atoms with Crippen LogP contribution in [0, 0.1) is 6.92 Å². The number of thiophene rings is 1. The second-order valence-electron chi connectivity index (χ2n) is 4.46. The fraction of sp³-hybridized carbons (Fsp3) is 0.125. The third kappa shape index (κ3) is 2.60. The first-order valence-corrected chi connectivity index (χ1v) is 7.22. The predicted octanol–water partition coefficient (Wildman–Crippen LogP) is 4.17. The number of ether oxygens (including phenoxy) is 1. The summed E-state index contributed by atoms with van der Waals surface area (Å²) in [6.45, 7) is 1.91. The highest BCUT2D eigenvalue weighted by Gasteiger charge is 2.16. The zero-order valence-corrected chi connectivity index (χ0v) is 12.4. The number of benzene rings is 1. The molecular weight excluding hydrogens is 286 g/mol. The quantitative estimate of drug-likeness (QED) is 0.681. The third-order valence-corrected chi connectivity index (χ3v) is 4.09. The number of rotatable bonds is 3. The normalized spacial score (nSPS) is 10.6. The average Bonchev–Trinajstić information content (AvgIpc) is 3.14. The Bertz CT molecular complexity index is 774. The second kappa shape index (κ2) is 5.54. The molecule has 2 aromatic heterocycles. The summed E-state index contributed by atoms with van der Waals surface area (Å²) in [7, 11) is 1.37. The predicted molar refractivity (Wildman–Crippen MR) is 81.3 cm³/mol. The summed E-state index contributed by atoms with van der Waals surface area (Å²) in [6, 6.07) is 13.4. The number of carbonyl (C=O) groups excluding carboxylic acids is 1. The molecule has 1 aromatic carbocycles. The Balaban J connectivity index is 1.98. The maximum absolute atomic E-state index is 11.5. The van der Waals surface area contributed by atoms with E-state index in [2.05, 4.69) is 4.98 Å². The number of esters is 1. The number of methoxy groups -OCH3 is 1. The Morgan fingerprint density at radius 2 is 1.95 bits per heavy atom. The topological polar surface area (TPSA) is 52.3 Å². The zero-order valence-electron chi connectivity index (χ0n) is 11.6. The minimum atomic E-state index is -0.349. The highest BCUT2D eigenvalue weighted by atomic mass is 32.1. The molecule has 5 heteroatoms. The number of hydrogen-bond donors (Lipinski definition) is 0. The monoisotopic (exact) mass is 299 g/mol. The highest BCUT2D eigenvalue weighted by molar-refractivity contribution is 7.17. The molecule has 21 heavy (non-hydrogen) atoms. The lowest BCUT2D eigenvalue weighted by atomic mass is 10.1. The van der Waals surface area contributed by atoms with Crippen LogP contribution in [0.5, 0.6) is 0 Å². The number of aromatic nitrogens is 1. The molecule has 2 heterocycles. The molecule has 0 spiro atoms. The Hall–Kier alpha value is -2.40. The van der Waals surface area contributed by atoms with Crippen LogP contribution in [0.15, 0.2) is 46.9 Å². The maximum Gasteiger partial charge on any atom is 0.348 e. The molecule has 0 bridgehead atoms. The summed E-state index contributed by atoms with van der Waals surface area (Å²) < 4.78 is 10.6. The van der Waals surface area contributed by atoms with E-state index in [0.29, 0.717) is 10.8 Å². The van der Waals surface area contributed by atoms with Gasteiger partial charge >= 0.3 is 5.97 Å². The van der Waals surface area contributed by atoms with Gasteiger partial charge in [-0.3, -0.25) is 0 Å². The van der Waals surface area contributed by atoms with Crippen molar-refractivity contribution in [3.8, 4) is 22.1 Å². The van der Waals surface area contributed by atoms with E-state index in [9.17, 15) is 4.79 Å². The van der Waals surface area contributed by atoms with Gasteiger partial charge in [-0.2, -0.15) is 0 Å². The number of hydrogen-bond acceptors (Lipinski definition) is 5. The molecule has 0 amide bonds. The molecule has 0 fully saturated rings. The molecule has 0 radical (unpaired) electrons. The van der Waals surface area contributed by atoms with Gasteiger partial charge in [0.2, 0.25) is 5.89 Å². The minimum absolute atomic E-state index is 0.349. The molecule has 0 aliphatic heterocycles. The van der Waals surface area contributed by atoms with E-state index in [-0.39, 0.29) is 5.97 Å². The van der Waals surface area contributed by atoms with Crippen molar-refractivity contribution in [2.75, 3.05) is 7.11 Å². The molecule has 0 aliphatic rings. The molecule has 106 valence electrons. The lowest BCUT2D eigenvalue weighted by Gasteiger charge is -1.95. The van der Waals surface area contributed by atoms with E-state index in [1.54, 1.807) is 6.07 Å². The SMILES string of the molecule is COC(=O)c1ccc(-c2nc(C)c(-c3ccccc3)o2)s1. The Labute approximate surface area is 126 Å². The van der Waals surface area contributed by atoms with Crippen molar-refractivity contribution in [3.63, 3.8) is 0 Å². The van der Waals surface area contributed by atoms with Gasteiger partial charge in [0.1, 0.15) is 4.88 Å². The Morgan fingerprint density at radius 1 is 1.19 bits per heavy atom. The molecular formula is C16H13NO3S. The van der Waals surface area contributed by atoms with Crippen LogP contribution in [0.4, 0.5) is 0 Å². The van der Waals surface area contributed by atoms with Crippen molar-refractivity contribution in [1.29, 1.82) is 0 Å². The van der Waals surface area contributed by atoms with E-state index < -0.39 is 0 Å². The molecule has 0 aliphatic carbocycles. The summed E-state index contributed by atoms with van der Waals surface area (Å²) in [5.74, 6) is 0.919. The molecule has 0 unspecified atom stereocenters. The summed E-state index contributed by atoms with van der Waals surface area (Å²) >= 11 is 1.31. The van der Waals surface area contributed by atoms with Crippen LogP contribution >= 0.6 is 11.3 Å². The second-order valence-corrected chi connectivity index (χ2v) is 5.54. The minimum Gasteiger partial charge on any atom is -0.465 e. The molecule has 3 aromatic rings. The van der Waals surface area contributed by atoms with Gasteiger partial charge in [0.15, 0.2) is 5.76 Å². The lowest BCUT2D eigenvalue weighted by Crippen LogP contribution is -1.96. The van der Waals surface area contributed by atoms with Crippen LogP contribution < -0.4 is 0 Å². The maximum atomic E-state index is 11.5. The van der Waals surface area contributed by atoms with Crippen molar-refractivity contribution >= 4 is 17.3 Å². The standard InChI is InChI=1S/C16H13NO3S/c1-10-14(11-6-4-3-5-7-11)20-15(17-10)12-8-9-13(21-12)16(18)19-2/h3-9H,1-2H3. The summed E-state index contributed by atoms with van der Waals surface area (Å²) in [4.78, 5) is 17.3. The number of aryl methyl sites for hydroxylation is 1. The van der Waals surface area contributed by atoms with E-state index in [1.165, 1.54) is 18.4 Å². The largest absolute Gasteiger partial charge is 0.465 e. The Kier molecular flexibility index (Phi) is 3.58. The number of nitrogens with zero attached hydrogens (tertiary/aromatic N) is 1. The van der Waals surface area contributed by atoms with Crippen LogP contribution in [-0.4, -0.2) is 18.1 Å². The van der Waals surface area contributed by atoms with Crippen molar-refractivity contribution < 1.29 is 13.9 Å². The third-order valence-electron chi connectivity index (χ3n) is 3.04. The van der Waals surface area contributed by atoms with E-state index in [0.717, 1.165) is 21.9 Å². The molecule has 0 saturated carbocycles. The smallest absolute Gasteiger partial charge is 0.348 e. The average molecular weight is 299 g/mol. The van der Waals surface area contributed by atoms with Gasteiger partial charge in [0.25, 0.3) is 0 Å². The zero-order chi connectivity index (χ0) is 14.8. The van der Waals surface area contributed by atoms with Gasteiger partial charge in [-0.05, 0) is 19.1 Å². The molecule has 4 nitrogen and oxygen atoms in total. The molecule has 0 saturated heterocycles. The fourth-order valence-electron chi connectivity index (χ4n) is 2.02. The number of carbonyl (C=O) groups is 1. The fourth-order valence-corrected chi connectivity index (χ4v) is 2.87. The van der Waals surface area contributed by atoms with Crippen LogP contribution in [0.3, 0.4) is 0 Å². The lowest BCUT2D eigenvalue weighted by molar-refractivity contribution is 0.0606. The van der Waals surface area contributed by atoms with Crippen LogP contribution in [0.2, 0.25) is 0 Å². The summed E-state index contributed by atoms with van der Waals surface area (Å²) in [5.41, 5.74) is 1.81. The highest BCUT2D eigenvalue weighted by Crippen LogP contribution is 2.33. The Morgan fingerprint density at radius 3 is 2.67 bits per heavy atom. The first kappa shape index (κ1) is 13.6. The summed E-state index contributed by atoms with van der Waals surface area (Å²) in [5, 5.41) is 0. The van der Waals surface area contributed by atoms with Crippen molar-refractivity contribution in [1.82, 2.24) is 4.98 Å². The van der Waals surface area contributed by atoms with Crippen LogP contribution in [0.1, 0.15) is 15.4 Å².